The zero-order chi connectivity index (χ0) is 21.9. The molecule has 0 saturated carbocycles. The van der Waals surface area contributed by atoms with Gasteiger partial charge in [-0.1, -0.05) is 60.3 Å². The summed E-state index contributed by atoms with van der Waals surface area (Å²) in [6, 6.07) is 27.3. The fourth-order valence-corrected chi connectivity index (χ4v) is 4.17. The third-order valence-corrected chi connectivity index (χ3v) is 5.94. The second-order valence-electron chi connectivity index (χ2n) is 7.05. The van der Waals surface area contributed by atoms with Crippen LogP contribution >= 0.6 is 11.8 Å². The van der Waals surface area contributed by atoms with E-state index in [1.807, 2.05) is 60.7 Å². The predicted molar refractivity (Wildman–Crippen MR) is 125 cm³/mol. The number of aromatic hydroxyl groups is 1. The van der Waals surface area contributed by atoms with Gasteiger partial charge in [-0.15, -0.1) is 0 Å². The molecule has 0 saturated heterocycles. The predicted octanol–water partition coefficient (Wildman–Crippen LogP) is 5.51. The summed E-state index contributed by atoms with van der Waals surface area (Å²) in [5.74, 6) is -0.714. The summed E-state index contributed by atoms with van der Waals surface area (Å²) in [7, 11) is 0. The summed E-state index contributed by atoms with van der Waals surface area (Å²) in [6.07, 6.45) is 3.01. The number of rotatable bonds is 5. The normalized spacial score (nSPS) is 10.9. The highest BCUT2D eigenvalue weighted by atomic mass is 32.2. The van der Waals surface area contributed by atoms with Crippen LogP contribution in [-0.2, 0) is 0 Å². The van der Waals surface area contributed by atoms with Crippen molar-refractivity contribution < 1.29 is 9.90 Å². The Labute approximate surface area is 188 Å². The highest BCUT2D eigenvalue weighted by Gasteiger charge is 2.18. The van der Waals surface area contributed by atoms with Crippen molar-refractivity contribution in [2.24, 2.45) is 0 Å². The molecule has 0 spiro atoms. The van der Waals surface area contributed by atoms with Gasteiger partial charge in [0.2, 0.25) is 5.88 Å². The molecule has 5 rings (SSSR count). The molecular weight excluding hydrogens is 420 g/mol. The summed E-state index contributed by atoms with van der Waals surface area (Å²) < 4.78 is 1.28. The van der Waals surface area contributed by atoms with Crippen LogP contribution in [0.15, 0.2) is 107 Å². The van der Waals surface area contributed by atoms with Crippen molar-refractivity contribution in [1.29, 1.82) is 0 Å². The molecule has 0 fully saturated rings. The van der Waals surface area contributed by atoms with E-state index in [-0.39, 0.29) is 11.4 Å². The molecule has 1 amide bonds. The molecule has 2 heterocycles. The molecule has 0 aliphatic heterocycles. The molecule has 0 bridgehead atoms. The van der Waals surface area contributed by atoms with E-state index in [0.717, 1.165) is 16.0 Å². The number of nitrogens with one attached hydrogen (secondary N) is 1. The van der Waals surface area contributed by atoms with Gasteiger partial charge in [0.1, 0.15) is 5.56 Å². The van der Waals surface area contributed by atoms with Gasteiger partial charge in [-0.2, -0.15) is 9.61 Å². The van der Waals surface area contributed by atoms with Gasteiger partial charge in [-0.25, -0.2) is 4.98 Å². The molecule has 2 N–H and O–H groups in total. The Morgan fingerprint density at radius 3 is 2.22 bits per heavy atom. The Bertz CT molecular complexity index is 1380. The van der Waals surface area contributed by atoms with Crippen LogP contribution < -0.4 is 5.32 Å². The van der Waals surface area contributed by atoms with E-state index in [0.29, 0.717) is 11.3 Å². The first-order valence-electron chi connectivity index (χ1n) is 9.94. The van der Waals surface area contributed by atoms with Crippen molar-refractivity contribution >= 4 is 29.0 Å². The summed E-state index contributed by atoms with van der Waals surface area (Å²) in [5, 5.41) is 17.7. The van der Waals surface area contributed by atoms with E-state index in [4.69, 9.17) is 0 Å². The Morgan fingerprint density at radius 2 is 1.50 bits per heavy atom. The maximum Gasteiger partial charge on any atom is 0.262 e. The van der Waals surface area contributed by atoms with Gasteiger partial charge in [0.05, 0.1) is 6.20 Å². The van der Waals surface area contributed by atoms with E-state index in [2.05, 4.69) is 27.5 Å². The van der Waals surface area contributed by atoms with Crippen molar-refractivity contribution in [3.05, 3.63) is 103 Å². The molecule has 0 aliphatic rings. The average molecular weight is 439 g/mol. The van der Waals surface area contributed by atoms with Crippen LogP contribution in [0.2, 0.25) is 0 Å². The van der Waals surface area contributed by atoms with Crippen molar-refractivity contribution in [3.63, 3.8) is 0 Å². The lowest BCUT2D eigenvalue weighted by Crippen LogP contribution is -2.14. The van der Waals surface area contributed by atoms with E-state index >= 15 is 0 Å². The fourth-order valence-electron chi connectivity index (χ4n) is 3.33. The molecule has 5 aromatic rings. The number of benzene rings is 3. The third kappa shape index (κ3) is 3.93. The Kier molecular flexibility index (Phi) is 5.31. The first-order valence-corrected chi connectivity index (χ1v) is 10.8. The van der Waals surface area contributed by atoms with Crippen LogP contribution in [-0.4, -0.2) is 25.6 Å². The number of anilines is 1. The second kappa shape index (κ2) is 8.56. The average Bonchev–Trinajstić information content (AvgIpc) is 3.26. The van der Waals surface area contributed by atoms with Crippen molar-refractivity contribution in [3.8, 4) is 17.0 Å². The SMILES string of the molecule is O=C(Nc1ccccc1)c1cnc2c(-c3ccc(Sc4ccccc4)cc3)cnn2c1O. The van der Waals surface area contributed by atoms with Crippen LogP contribution in [0, 0.1) is 0 Å². The number of carbonyl (C=O) groups is 1. The number of aromatic nitrogens is 3. The van der Waals surface area contributed by atoms with Crippen LogP contribution in [0.5, 0.6) is 5.88 Å². The van der Waals surface area contributed by atoms with Crippen molar-refractivity contribution in [1.82, 2.24) is 14.6 Å². The second-order valence-corrected chi connectivity index (χ2v) is 8.20. The smallest absolute Gasteiger partial charge is 0.262 e. The minimum atomic E-state index is -0.456. The molecule has 156 valence electrons. The van der Waals surface area contributed by atoms with Crippen LogP contribution in [0.1, 0.15) is 10.4 Å². The fraction of sp³-hybridized carbons (Fsp3) is 0. The van der Waals surface area contributed by atoms with Crippen LogP contribution in [0.3, 0.4) is 0 Å². The van der Waals surface area contributed by atoms with Gasteiger partial charge in [0.25, 0.3) is 5.91 Å². The zero-order valence-electron chi connectivity index (χ0n) is 16.8. The Balaban J connectivity index is 1.41. The van der Waals surface area contributed by atoms with E-state index in [9.17, 15) is 9.90 Å². The molecular formula is C25H18N4O2S. The first-order chi connectivity index (χ1) is 15.7. The lowest BCUT2D eigenvalue weighted by molar-refractivity contribution is 0.102. The monoisotopic (exact) mass is 438 g/mol. The topological polar surface area (TPSA) is 79.5 Å². The first kappa shape index (κ1) is 19.8. The lowest BCUT2D eigenvalue weighted by Gasteiger charge is -2.08. The Hall–Kier alpha value is -4.10. The molecule has 0 atom stereocenters. The van der Waals surface area contributed by atoms with Crippen LogP contribution in [0.4, 0.5) is 5.69 Å². The van der Waals surface area contributed by atoms with Gasteiger partial charge >= 0.3 is 0 Å². The molecule has 0 radical (unpaired) electrons. The van der Waals surface area contributed by atoms with Gasteiger partial charge in [-0.05, 0) is 42.0 Å². The molecule has 3 aromatic carbocycles. The number of hydrogen-bond acceptors (Lipinski definition) is 5. The molecule has 7 heteroatoms. The van der Waals surface area contributed by atoms with E-state index in [1.165, 1.54) is 15.6 Å². The number of nitrogens with zero attached hydrogens (tertiary/aromatic N) is 3. The van der Waals surface area contributed by atoms with Gasteiger partial charge in [0.15, 0.2) is 5.65 Å². The molecule has 6 nitrogen and oxygen atoms in total. The quantitative estimate of drug-likeness (QED) is 0.378. The van der Waals surface area contributed by atoms with E-state index in [1.54, 1.807) is 30.1 Å². The van der Waals surface area contributed by atoms with Crippen molar-refractivity contribution in [2.75, 3.05) is 5.32 Å². The summed E-state index contributed by atoms with van der Waals surface area (Å²) in [6.45, 7) is 0. The molecule has 0 unspecified atom stereocenters. The minimum absolute atomic E-state index is 0.0469. The Morgan fingerprint density at radius 1 is 0.844 bits per heavy atom. The highest BCUT2D eigenvalue weighted by molar-refractivity contribution is 7.99. The van der Waals surface area contributed by atoms with Crippen molar-refractivity contribution in [2.45, 2.75) is 9.79 Å². The third-order valence-electron chi connectivity index (χ3n) is 4.92. The molecule has 32 heavy (non-hydrogen) atoms. The summed E-state index contributed by atoms with van der Waals surface area (Å²) in [4.78, 5) is 19.3. The summed E-state index contributed by atoms with van der Waals surface area (Å²) >= 11 is 1.68. The van der Waals surface area contributed by atoms with Gasteiger partial charge < -0.3 is 10.4 Å². The standard InChI is InChI=1S/C25H18N4O2S/c30-24(28-18-7-3-1-4-8-18)22-15-26-23-21(16-27-29(23)25(22)31)17-11-13-20(14-12-17)32-19-9-5-2-6-10-19/h1-16,31H,(H,28,30). The number of hydrogen-bond donors (Lipinski definition) is 2. The van der Waals surface area contributed by atoms with E-state index < -0.39 is 5.91 Å². The number of amides is 1. The number of carbonyl (C=O) groups excluding carboxylic acids is 1. The van der Waals surface area contributed by atoms with Gasteiger partial charge in [-0.3, -0.25) is 4.79 Å². The largest absolute Gasteiger partial charge is 0.493 e. The lowest BCUT2D eigenvalue weighted by atomic mass is 10.1. The number of para-hydroxylation sites is 1. The summed E-state index contributed by atoms with van der Waals surface area (Å²) in [5.41, 5.74) is 2.84. The van der Waals surface area contributed by atoms with Gasteiger partial charge in [0, 0.05) is 27.2 Å². The molecule has 2 aromatic heterocycles. The maximum atomic E-state index is 12.6. The van der Waals surface area contributed by atoms with Crippen LogP contribution in [0.25, 0.3) is 16.8 Å². The highest BCUT2D eigenvalue weighted by Crippen LogP contribution is 2.31. The number of fused-ring (bicyclic) bond motifs is 1. The minimum Gasteiger partial charge on any atom is -0.493 e. The maximum absolute atomic E-state index is 12.6. The molecule has 0 aliphatic carbocycles. The zero-order valence-corrected chi connectivity index (χ0v) is 17.7.